The van der Waals surface area contributed by atoms with Crippen molar-refractivity contribution < 1.29 is 13.2 Å². The molecule has 0 spiro atoms. The zero-order chi connectivity index (χ0) is 13.3. The van der Waals surface area contributed by atoms with Gasteiger partial charge >= 0.3 is 0 Å². The Morgan fingerprint density at radius 2 is 2.00 bits per heavy atom. The van der Waals surface area contributed by atoms with Gasteiger partial charge in [0.15, 0.2) is 9.84 Å². The maximum absolute atomic E-state index is 11.5. The van der Waals surface area contributed by atoms with Crippen molar-refractivity contribution in [2.75, 3.05) is 19.3 Å². The molecule has 4 nitrogen and oxygen atoms in total. The molecule has 0 bridgehead atoms. The molecule has 0 radical (unpaired) electrons. The van der Waals surface area contributed by atoms with E-state index in [0.29, 0.717) is 6.54 Å². The van der Waals surface area contributed by atoms with Crippen LogP contribution in [0.25, 0.3) is 0 Å². The zero-order valence-corrected chi connectivity index (χ0v) is 12.4. The molecule has 1 unspecified atom stereocenters. The fourth-order valence-corrected chi connectivity index (χ4v) is 2.25. The van der Waals surface area contributed by atoms with Crippen molar-refractivity contribution in [3.8, 4) is 0 Å². The summed E-state index contributed by atoms with van der Waals surface area (Å²) in [4.78, 5) is 0. The lowest BCUT2D eigenvalue weighted by Gasteiger charge is -2.24. The Morgan fingerprint density at radius 3 is 2.41 bits per heavy atom. The van der Waals surface area contributed by atoms with E-state index in [1.54, 1.807) is 13.8 Å². The van der Waals surface area contributed by atoms with Crippen LogP contribution in [-0.4, -0.2) is 44.2 Å². The minimum Gasteiger partial charge on any atom is -0.371 e. The van der Waals surface area contributed by atoms with E-state index in [4.69, 9.17) is 4.74 Å². The Morgan fingerprint density at radius 1 is 1.41 bits per heavy atom. The zero-order valence-electron chi connectivity index (χ0n) is 11.5. The van der Waals surface area contributed by atoms with Crippen LogP contribution in [0.15, 0.2) is 0 Å². The van der Waals surface area contributed by atoms with Crippen LogP contribution in [0.5, 0.6) is 0 Å². The number of ether oxygens (including phenoxy) is 1. The summed E-state index contributed by atoms with van der Waals surface area (Å²) in [5.74, 6) is 0. The van der Waals surface area contributed by atoms with Gasteiger partial charge in [-0.25, -0.2) is 8.42 Å². The Labute approximate surface area is 105 Å². The van der Waals surface area contributed by atoms with Crippen LogP contribution >= 0.6 is 0 Å². The predicted molar refractivity (Wildman–Crippen MR) is 70.0 cm³/mol. The van der Waals surface area contributed by atoms with Crippen LogP contribution in [0.4, 0.5) is 0 Å². The molecule has 0 aromatic rings. The maximum atomic E-state index is 11.5. The van der Waals surface area contributed by atoms with E-state index in [1.807, 2.05) is 0 Å². The molecule has 0 amide bonds. The van der Waals surface area contributed by atoms with Gasteiger partial charge in [-0.3, -0.25) is 0 Å². The van der Waals surface area contributed by atoms with E-state index in [9.17, 15) is 8.42 Å². The van der Waals surface area contributed by atoms with Crippen molar-refractivity contribution in [1.82, 2.24) is 5.32 Å². The fraction of sp³-hybridized carbons (Fsp3) is 1.00. The molecule has 5 heteroatoms. The molecule has 1 rings (SSSR count). The summed E-state index contributed by atoms with van der Waals surface area (Å²) < 4.78 is 28.1. The smallest absolute Gasteiger partial charge is 0.153 e. The molecule has 1 heterocycles. The summed E-state index contributed by atoms with van der Waals surface area (Å²) >= 11 is 0. The van der Waals surface area contributed by atoms with Gasteiger partial charge in [-0.2, -0.15) is 0 Å². The molecular weight excluding hydrogens is 238 g/mol. The average molecular weight is 263 g/mol. The summed E-state index contributed by atoms with van der Waals surface area (Å²) in [5.41, 5.74) is -0.0291. The van der Waals surface area contributed by atoms with E-state index in [-0.39, 0.29) is 11.7 Å². The van der Waals surface area contributed by atoms with Crippen molar-refractivity contribution in [3.05, 3.63) is 0 Å². The summed E-state index contributed by atoms with van der Waals surface area (Å²) in [5, 5.41) is 3.21. The van der Waals surface area contributed by atoms with Crippen LogP contribution in [0, 0.1) is 0 Å². The second-order valence-corrected chi connectivity index (χ2v) is 8.85. The second-order valence-electron chi connectivity index (χ2n) is 6.20. The fourth-order valence-electron chi connectivity index (χ4n) is 1.89. The number of rotatable bonds is 5. The van der Waals surface area contributed by atoms with Gasteiger partial charge in [-0.1, -0.05) is 0 Å². The highest BCUT2D eigenvalue weighted by molar-refractivity contribution is 7.92. The van der Waals surface area contributed by atoms with E-state index < -0.39 is 14.6 Å². The van der Waals surface area contributed by atoms with Crippen molar-refractivity contribution in [1.29, 1.82) is 0 Å². The molecular formula is C12H25NO3S. The molecule has 1 atom stereocenters. The number of nitrogens with one attached hydrogen (secondary N) is 1. The molecule has 1 aliphatic rings. The number of hydrogen-bond donors (Lipinski definition) is 1. The first-order chi connectivity index (χ1) is 7.54. The second kappa shape index (κ2) is 4.86. The molecule has 1 saturated heterocycles. The third-order valence-electron chi connectivity index (χ3n) is 3.48. The van der Waals surface area contributed by atoms with Gasteiger partial charge in [-0.15, -0.1) is 0 Å². The molecule has 1 fully saturated rings. The predicted octanol–water partition coefficient (Wildman–Crippen LogP) is 1.36. The summed E-state index contributed by atoms with van der Waals surface area (Å²) in [6.45, 7) is 8.86. The highest BCUT2D eigenvalue weighted by Crippen LogP contribution is 2.28. The minimum atomic E-state index is -3.02. The largest absolute Gasteiger partial charge is 0.371 e. The standard InChI is InChI=1S/C12H25NO3S/c1-11(2)7-6-10(16-11)8-13-9-12(3,4)17(5,14)15/h10,13H,6-9H2,1-5H3. The maximum Gasteiger partial charge on any atom is 0.153 e. The topological polar surface area (TPSA) is 55.4 Å². The first-order valence-corrected chi connectivity index (χ1v) is 8.01. The first-order valence-electron chi connectivity index (χ1n) is 6.12. The summed E-state index contributed by atoms with van der Waals surface area (Å²) in [7, 11) is -3.02. The van der Waals surface area contributed by atoms with Crippen LogP contribution in [0.3, 0.4) is 0 Å². The van der Waals surface area contributed by atoms with Gasteiger partial charge in [-0.05, 0) is 40.5 Å². The Bertz CT molecular complexity index is 360. The van der Waals surface area contributed by atoms with Gasteiger partial charge in [0, 0.05) is 19.3 Å². The van der Waals surface area contributed by atoms with Crippen molar-refractivity contribution in [2.24, 2.45) is 0 Å². The molecule has 0 aromatic carbocycles. The van der Waals surface area contributed by atoms with Crippen LogP contribution < -0.4 is 5.32 Å². The first kappa shape index (κ1) is 14.9. The molecule has 0 aromatic heterocycles. The Kier molecular flexibility index (Phi) is 4.27. The van der Waals surface area contributed by atoms with E-state index in [1.165, 1.54) is 6.26 Å². The van der Waals surface area contributed by atoms with Gasteiger partial charge in [0.05, 0.1) is 16.5 Å². The summed E-state index contributed by atoms with van der Waals surface area (Å²) in [6, 6.07) is 0. The quantitative estimate of drug-likeness (QED) is 0.813. The van der Waals surface area contributed by atoms with Crippen LogP contribution in [0.1, 0.15) is 40.5 Å². The number of hydrogen-bond acceptors (Lipinski definition) is 4. The summed E-state index contributed by atoms with van der Waals surface area (Å²) in [6.07, 6.45) is 3.60. The highest BCUT2D eigenvalue weighted by Gasteiger charge is 2.33. The average Bonchev–Trinajstić information content (AvgIpc) is 2.43. The third-order valence-corrected chi connectivity index (χ3v) is 5.63. The van der Waals surface area contributed by atoms with E-state index >= 15 is 0 Å². The number of sulfone groups is 1. The lowest BCUT2D eigenvalue weighted by Crippen LogP contribution is -2.43. The van der Waals surface area contributed by atoms with Crippen molar-refractivity contribution in [2.45, 2.75) is 57.0 Å². The third kappa shape index (κ3) is 4.23. The highest BCUT2D eigenvalue weighted by atomic mass is 32.2. The Hall–Kier alpha value is -0.130. The molecule has 102 valence electrons. The minimum absolute atomic E-state index is 0.0291. The van der Waals surface area contributed by atoms with Gasteiger partial charge in [0.25, 0.3) is 0 Å². The van der Waals surface area contributed by atoms with Crippen LogP contribution in [0.2, 0.25) is 0 Å². The van der Waals surface area contributed by atoms with Crippen LogP contribution in [-0.2, 0) is 14.6 Å². The molecule has 1 aliphatic heterocycles. The van der Waals surface area contributed by atoms with Gasteiger partial charge in [0.2, 0.25) is 0 Å². The monoisotopic (exact) mass is 263 g/mol. The SMILES string of the molecule is CC1(C)CCC(CNCC(C)(C)S(C)(=O)=O)O1. The van der Waals surface area contributed by atoms with E-state index in [2.05, 4.69) is 19.2 Å². The molecule has 0 saturated carbocycles. The van der Waals surface area contributed by atoms with Crippen molar-refractivity contribution in [3.63, 3.8) is 0 Å². The lowest BCUT2D eigenvalue weighted by atomic mass is 10.1. The van der Waals surface area contributed by atoms with E-state index in [0.717, 1.165) is 19.4 Å². The molecule has 0 aliphatic carbocycles. The normalized spacial score (nSPS) is 25.1. The Balaban J connectivity index is 2.35. The molecule has 1 N–H and O–H groups in total. The van der Waals surface area contributed by atoms with Gasteiger partial charge in [0.1, 0.15) is 0 Å². The van der Waals surface area contributed by atoms with Gasteiger partial charge < -0.3 is 10.1 Å². The van der Waals surface area contributed by atoms with Crippen molar-refractivity contribution >= 4 is 9.84 Å². The lowest BCUT2D eigenvalue weighted by molar-refractivity contribution is -0.0142. The molecule has 17 heavy (non-hydrogen) atoms.